The van der Waals surface area contributed by atoms with Crippen molar-refractivity contribution in [3.8, 4) is 11.5 Å². The molecule has 2 aromatic carbocycles. The number of ketones is 1. The van der Waals surface area contributed by atoms with Crippen LogP contribution in [0.25, 0.3) is 6.08 Å². The monoisotopic (exact) mass is 365 g/mol. The van der Waals surface area contributed by atoms with Gasteiger partial charge in [-0.1, -0.05) is 31.0 Å². The second-order valence-corrected chi connectivity index (χ2v) is 7.34. The van der Waals surface area contributed by atoms with E-state index in [2.05, 4.69) is 4.90 Å². The highest BCUT2D eigenvalue weighted by Crippen LogP contribution is 2.43. The van der Waals surface area contributed by atoms with E-state index in [0.29, 0.717) is 36.2 Å². The fraction of sp³-hybridized carbons (Fsp3) is 0.318. The Morgan fingerprint density at radius 1 is 1.11 bits per heavy atom. The summed E-state index contributed by atoms with van der Waals surface area (Å²) in [5, 5.41) is 0. The molecule has 2 heterocycles. The Morgan fingerprint density at radius 3 is 2.74 bits per heavy atom. The summed E-state index contributed by atoms with van der Waals surface area (Å²) in [4.78, 5) is 15.1. The normalized spacial score (nSPS) is 21.1. The maximum Gasteiger partial charge on any atom is 0.231 e. The maximum absolute atomic E-state index is 14.0. The molecule has 1 fully saturated rings. The Kier molecular flexibility index (Phi) is 3.97. The molecule has 1 saturated carbocycles. The molecule has 27 heavy (non-hydrogen) atoms. The zero-order valence-electron chi connectivity index (χ0n) is 14.9. The van der Waals surface area contributed by atoms with Gasteiger partial charge in [0.25, 0.3) is 0 Å². The number of hydrogen-bond donors (Lipinski definition) is 0. The van der Waals surface area contributed by atoms with Crippen molar-refractivity contribution in [1.82, 2.24) is 4.90 Å². The number of benzene rings is 2. The van der Waals surface area contributed by atoms with Crippen molar-refractivity contribution in [2.24, 2.45) is 0 Å². The number of carbonyl (C=O) groups is 1. The second kappa shape index (κ2) is 6.50. The fourth-order valence-corrected chi connectivity index (χ4v) is 4.21. The van der Waals surface area contributed by atoms with Gasteiger partial charge in [-0.25, -0.2) is 4.39 Å². The number of hydrogen-bond acceptors (Lipinski definition) is 4. The molecule has 4 nitrogen and oxygen atoms in total. The largest absolute Gasteiger partial charge is 0.478 e. The van der Waals surface area contributed by atoms with E-state index in [1.807, 2.05) is 6.07 Å². The maximum atomic E-state index is 14.0. The molecule has 0 aromatic heterocycles. The first-order valence-electron chi connectivity index (χ1n) is 9.42. The van der Waals surface area contributed by atoms with Crippen molar-refractivity contribution < 1.29 is 18.7 Å². The third-order valence-electron chi connectivity index (χ3n) is 5.68. The minimum absolute atomic E-state index is 0.154. The summed E-state index contributed by atoms with van der Waals surface area (Å²) >= 11 is 0. The van der Waals surface area contributed by atoms with Crippen LogP contribution in [0.3, 0.4) is 0 Å². The third kappa shape index (κ3) is 2.82. The molecule has 2 aromatic rings. The van der Waals surface area contributed by atoms with E-state index in [4.69, 9.17) is 9.47 Å². The zero-order valence-corrected chi connectivity index (χ0v) is 14.9. The molecule has 0 saturated heterocycles. The summed E-state index contributed by atoms with van der Waals surface area (Å²) in [7, 11) is 0. The van der Waals surface area contributed by atoms with Crippen LogP contribution in [0.4, 0.5) is 4.39 Å². The van der Waals surface area contributed by atoms with E-state index < -0.39 is 0 Å². The van der Waals surface area contributed by atoms with Gasteiger partial charge in [0, 0.05) is 18.2 Å². The van der Waals surface area contributed by atoms with Crippen molar-refractivity contribution >= 4 is 11.9 Å². The van der Waals surface area contributed by atoms with Gasteiger partial charge in [0.1, 0.15) is 24.0 Å². The van der Waals surface area contributed by atoms with Crippen LogP contribution in [-0.4, -0.2) is 23.5 Å². The predicted molar refractivity (Wildman–Crippen MR) is 99.1 cm³/mol. The topological polar surface area (TPSA) is 38.8 Å². The average molecular weight is 365 g/mol. The number of rotatable bonds is 2. The Labute approximate surface area is 157 Å². The molecule has 138 valence electrons. The minimum Gasteiger partial charge on any atom is -0.478 e. The third-order valence-corrected chi connectivity index (χ3v) is 5.68. The van der Waals surface area contributed by atoms with Gasteiger partial charge in [0.15, 0.2) is 5.76 Å². The number of fused-ring (bicyclic) bond motifs is 3. The molecule has 5 heteroatoms. The lowest BCUT2D eigenvalue weighted by atomic mass is 10.0. The van der Waals surface area contributed by atoms with Gasteiger partial charge in [-0.05, 0) is 37.1 Å². The van der Waals surface area contributed by atoms with Gasteiger partial charge in [-0.3, -0.25) is 9.69 Å². The SMILES string of the molecule is O=C1/C(=C/c2ccccc2F)Oc2c1ccc1c2CN(C2CCCC2)CO1. The molecule has 0 amide bonds. The summed E-state index contributed by atoms with van der Waals surface area (Å²) < 4.78 is 25.8. The van der Waals surface area contributed by atoms with Gasteiger partial charge in [-0.15, -0.1) is 0 Å². The molecular formula is C22H20FNO3. The zero-order chi connectivity index (χ0) is 18.4. The van der Waals surface area contributed by atoms with Crippen molar-refractivity contribution in [2.75, 3.05) is 6.73 Å². The molecule has 0 spiro atoms. The highest BCUT2D eigenvalue weighted by molar-refractivity contribution is 6.15. The Morgan fingerprint density at radius 2 is 1.93 bits per heavy atom. The Hall–Kier alpha value is -2.66. The van der Waals surface area contributed by atoms with E-state index in [1.165, 1.54) is 37.8 Å². The van der Waals surface area contributed by atoms with Crippen LogP contribution in [-0.2, 0) is 6.54 Å². The summed E-state index contributed by atoms with van der Waals surface area (Å²) in [6.45, 7) is 1.28. The number of allylic oxidation sites excluding steroid dienone is 1. The molecule has 3 aliphatic rings. The van der Waals surface area contributed by atoms with Crippen LogP contribution in [0.15, 0.2) is 42.2 Å². The summed E-state index contributed by atoms with van der Waals surface area (Å²) in [6.07, 6.45) is 6.36. The lowest BCUT2D eigenvalue weighted by Gasteiger charge is -2.33. The van der Waals surface area contributed by atoms with Crippen molar-refractivity contribution in [2.45, 2.75) is 38.3 Å². The quantitative estimate of drug-likeness (QED) is 0.733. The van der Waals surface area contributed by atoms with Gasteiger partial charge in [0.05, 0.1) is 11.1 Å². The molecule has 0 bridgehead atoms. The predicted octanol–water partition coefficient (Wildman–Crippen LogP) is 4.54. The Balaban J connectivity index is 1.49. The molecule has 1 aliphatic carbocycles. The van der Waals surface area contributed by atoms with E-state index >= 15 is 0 Å². The van der Waals surface area contributed by atoms with Crippen LogP contribution in [0.2, 0.25) is 0 Å². The molecule has 0 atom stereocenters. The minimum atomic E-state index is -0.380. The molecule has 5 rings (SSSR count). The van der Waals surface area contributed by atoms with Crippen LogP contribution in [0, 0.1) is 5.82 Å². The molecule has 0 N–H and O–H groups in total. The number of nitrogens with zero attached hydrogens (tertiary/aromatic N) is 1. The van der Waals surface area contributed by atoms with Crippen LogP contribution in [0.1, 0.15) is 47.2 Å². The highest BCUT2D eigenvalue weighted by atomic mass is 19.1. The van der Waals surface area contributed by atoms with E-state index in [9.17, 15) is 9.18 Å². The van der Waals surface area contributed by atoms with E-state index in [1.54, 1.807) is 24.3 Å². The highest BCUT2D eigenvalue weighted by Gasteiger charge is 2.35. The van der Waals surface area contributed by atoms with Gasteiger partial charge >= 0.3 is 0 Å². The first kappa shape index (κ1) is 16.5. The summed E-state index contributed by atoms with van der Waals surface area (Å²) in [5.41, 5.74) is 1.77. The number of Topliss-reactive ketones (excluding diaryl/α,β-unsaturated/α-hetero) is 1. The molecular weight excluding hydrogens is 345 g/mol. The lowest BCUT2D eigenvalue weighted by molar-refractivity contribution is 0.0567. The smallest absolute Gasteiger partial charge is 0.231 e. The first-order valence-corrected chi connectivity index (χ1v) is 9.42. The van der Waals surface area contributed by atoms with Gasteiger partial charge in [-0.2, -0.15) is 0 Å². The van der Waals surface area contributed by atoms with Crippen LogP contribution in [0.5, 0.6) is 11.5 Å². The van der Waals surface area contributed by atoms with Crippen LogP contribution >= 0.6 is 0 Å². The van der Waals surface area contributed by atoms with E-state index in [0.717, 1.165) is 11.3 Å². The van der Waals surface area contributed by atoms with Gasteiger partial charge in [0.2, 0.25) is 5.78 Å². The standard InChI is InChI=1S/C22H20FNO3/c23-18-8-4-1-5-14(18)11-20-21(25)16-9-10-19-17(22(16)27-20)12-24(13-26-19)15-6-2-3-7-15/h1,4-5,8-11,15H,2-3,6-7,12-13H2/b20-11-. The number of halogens is 1. The second-order valence-electron chi connectivity index (χ2n) is 7.34. The lowest BCUT2D eigenvalue weighted by Crippen LogP contribution is -2.39. The molecule has 0 unspecified atom stereocenters. The van der Waals surface area contributed by atoms with Crippen molar-refractivity contribution in [3.63, 3.8) is 0 Å². The number of ether oxygens (including phenoxy) is 2. The van der Waals surface area contributed by atoms with Gasteiger partial charge < -0.3 is 9.47 Å². The van der Waals surface area contributed by atoms with Crippen LogP contribution < -0.4 is 9.47 Å². The van der Waals surface area contributed by atoms with Crippen molar-refractivity contribution in [1.29, 1.82) is 0 Å². The van der Waals surface area contributed by atoms with Crippen molar-refractivity contribution in [3.05, 3.63) is 64.7 Å². The Bertz CT molecular complexity index is 947. The van der Waals surface area contributed by atoms with E-state index in [-0.39, 0.29) is 17.4 Å². The first-order chi connectivity index (χ1) is 13.2. The summed E-state index contributed by atoms with van der Waals surface area (Å²) in [5.74, 6) is 0.886. The summed E-state index contributed by atoms with van der Waals surface area (Å²) in [6, 6.07) is 10.5. The molecule has 0 radical (unpaired) electrons. The average Bonchev–Trinajstić information content (AvgIpc) is 3.32. The fourth-order valence-electron chi connectivity index (χ4n) is 4.21. The number of carbonyl (C=O) groups excluding carboxylic acids is 1. The molecule has 2 aliphatic heterocycles.